The van der Waals surface area contributed by atoms with Gasteiger partial charge in [-0.1, -0.05) is 43.0 Å². The molecular weight excluding hydrogens is 336 g/mol. The third-order valence-corrected chi connectivity index (χ3v) is 4.66. The Labute approximate surface area is 150 Å². The summed E-state index contributed by atoms with van der Waals surface area (Å²) >= 11 is 1.28. The molecule has 1 unspecified atom stereocenters. The smallest absolute Gasteiger partial charge is 0.230 e. The second-order valence-electron chi connectivity index (χ2n) is 5.62. The summed E-state index contributed by atoms with van der Waals surface area (Å²) in [5.74, 6) is 1.37. The summed E-state index contributed by atoms with van der Waals surface area (Å²) in [5, 5.41) is 10.4. The number of hydrogen-bond donors (Lipinski definition) is 2. The van der Waals surface area contributed by atoms with E-state index in [4.69, 9.17) is 4.42 Å². The molecule has 3 rings (SSSR count). The van der Waals surface area contributed by atoms with Gasteiger partial charge in [-0.05, 0) is 36.6 Å². The fourth-order valence-corrected chi connectivity index (χ4v) is 2.98. The number of nitrogens with zero attached hydrogens (tertiary/aromatic N) is 2. The molecule has 0 saturated heterocycles. The number of aryl methyl sites for hydroxylation is 1. The summed E-state index contributed by atoms with van der Waals surface area (Å²) in [6.07, 6.45) is 2.58. The van der Waals surface area contributed by atoms with Crippen LogP contribution in [-0.4, -0.2) is 26.8 Å². The number of nitrogens with one attached hydrogen (secondary N) is 2. The lowest BCUT2D eigenvalue weighted by Gasteiger charge is -2.14. The molecular formula is C18H20N4O2S. The highest BCUT2D eigenvalue weighted by Crippen LogP contribution is 2.20. The van der Waals surface area contributed by atoms with E-state index in [9.17, 15) is 4.79 Å². The molecule has 2 heterocycles. The zero-order valence-corrected chi connectivity index (χ0v) is 15.0. The van der Waals surface area contributed by atoms with Gasteiger partial charge >= 0.3 is 0 Å². The van der Waals surface area contributed by atoms with Crippen molar-refractivity contribution in [2.75, 3.05) is 5.75 Å². The molecule has 6 nitrogen and oxygen atoms in total. The van der Waals surface area contributed by atoms with Crippen molar-refractivity contribution in [3.05, 3.63) is 53.8 Å². The normalized spacial score (nSPS) is 12.1. The van der Waals surface area contributed by atoms with Crippen LogP contribution in [-0.2, 0) is 11.2 Å². The van der Waals surface area contributed by atoms with E-state index in [0.29, 0.717) is 16.7 Å². The van der Waals surface area contributed by atoms with E-state index >= 15 is 0 Å². The summed E-state index contributed by atoms with van der Waals surface area (Å²) in [7, 11) is 0. The SMILES string of the molecule is CCc1ccc(C(C)NC(=O)CSc2n[nH]c(-c3ccco3)n2)cc1. The molecule has 0 aliphatic carbocycles. The maximum absolute atomic E-state index is 12.1. The lowest BCUT2D eigenvalue weighted by atomic mass is 10.1. The number of H-pyrrole nitrogens is 1. The van der Waals surface area contributed by atoms with Gasteiger partial charge in [-0.15, -0.1) is 5.10 Å². The molecule has 0 spiro atoms. The number of hydrogen-bond acceptors (Lipinski definition) is 5. The van der Waals surface area contributed by atoms with Gasteiger partial charge in [0.25, 0.3) is 0 Å². The van der Waals surface area contributed by atoms with Gasteiger partial charge in [-0.2, -0.15) is 4.98 Å². The first-order chi connectivity index (χ1) is 12.2. The van der Waals surface area contributed by atoms with Crippen molar-refractivity contribution >= 4 is 17.7 Å². The zero-order chi connectivity index (χ0) is 17.6. The van der Waals surface area contributed by atoms with Crippen LogP contribution in [0.2, 0.25) is 0 Å². The molecule has 0 aliphatic rings. The number of amides is 1. The van der Waals surface area contributed by atoms with Crippen molar-refractivity contribution in [3.63, 3.8) is 0 Å². The van der Waals surface area contributed by atoms with E-state index in [1.165, 1.54) is 17.3 Å². The number of carbonyl (C=O) groups excluding carboxylic acids is 1. The van der Waals surface area contributed by atoms with Crippen molar-refractivity contribution in [3.8, 4) is 11.6 Å². The van der Waals surface area contributed by atoms with Gasteiger partial charge in [0.15, 0.2) is 11.6 Å². The van der Waals surface area contributed by atoms with Gasteiger partial charge in [0.2, 0.25) is 11.1 Å². The number of thioether (sulfide) groups is 1. The van der Waals surface area contributed by atoms with Crippen LogP contribution in [0.3, 0.4) is 0 Å². The van der Waals surface area contributed by atoms with Crippen LogP contribution >= 0.6 is 11.8 Å². The Bertz CT molecular complexity index is 812. The fraction of sp³-hybridized carbons (Fsp3) is 0.278. The van der Waals surface area contributed by atoms with E-state index < -0.39 is 0 Å². The van der Waals surface area contributed by atoms with Crippen LogP contribution in [0.25, 0.3) is 11.6 Å². The zero-order valence-electron chi connectivity index (χ0n) is 14.2. The van der Waals surface area contributed by atoms with Gasteiger partial charge < -0.3 is 9.73 Å². The second kappa shape index (κ2) is 8.02. The van der Waals surface area contributed by atoms with Gasteiger partial charge in [0.1, 0.15) is 0 Å². The average molecular weight is 356 g/mol. The molecule has 130 valence electrons. The van der Waals surface area contributed by atoms with Gasteiger partial charge in [0, 0.05) is 0 Å². The minimum Gasteiger partial charge on any atom is -0.461 e. The number of furan rings is 1. The van der Waals surface area contributed by atoms with E-state index in [0.717, 1.165) is 12.0 Å². The predicted molar refractivity (Wildman–Crippen MR) is 97.2 cm³/mol. The van der Waals surface area contributed by atoms with E-state index in [1.807, 2.05) is 6.92 Å². The van der Waals surface area contributed by atoms with Crippen LogP contribution in [0.4, 0.5) is 0 Å². The van der Waals surface area contributed by atoms with Gasteiger partial charge in [0.05, 0.1) is 18.1 Å². The maximum atomic E-state index is 12.1. The largest absolute Gasteiger partial charge is 0.461 e. The monoisotopic (exact) mass is 356 g/mol. The molecule has 0 saturated carbocycles. The Morgan fingerprint density at radius 2 is 2.12 bits per heavy atom. The first-order valence-electron chi connectivity index (χ1n) is 8.13. The van der Waals surface area contributed by atoms with Gasteiger partial charge in [-0.25, -0.2) is 0 Å². The van der Waals surface area contributed by atoms with Crippen LogP contribution in [0.1, 0.15) is 31.0 Å². The van der Waals surface area contributed by atoms with Gasteiger partial charge in [-0.3, -0.25) is 9.89 Å². The van der Waals surface area contributed by atoms with Crippen molar-refractivity contribution in [1.82, 2.24) is 20.5 Å². The first kappa shape index (κ1) is 17.3. The maximum Gasteiger partial charge on any atom is 0.230 e. The van der Waals surface area contributed by atoms with E-state index in [-0.39, 0.29) is 17.7 Å². The Morgan fingerprint density at radius 3 is 2.80 bits per heavy atom. The summed E-state index contributed by atoms with van der Waals surface area (Å²) < 4.78 is 5.25. The highest BCUT2D eigenvalue weighted by molar-refractivity contribution is 7.99. The molecule has 25 heavy (non-hydrogen) atoms. The Morgan fingerprint density at radius 1 is 1.32 bits per heavy atom. The third kappa shape index (κ3) is 4.51. The highest BCUT2D eigenvalue weighted by Gasteiger charge is 2.13. The molecule has 3 aromatic rings. The summed E-state index contributed by atoms with van der Waals surface area (Å²) in [6.45, 7) is 4.10. The molecule has 2 N–H and O–H groups in total. The first-order valence-corrected chi connectivity index (χ1v) is 9.11. The minimum atomic E-state index is -0.0542. The van der Waals surface area contributed by atoms with Crippen molar-refractivity contribution in [1.29, 1.82) is 0 Å². The predicted octanol–water partition coefficient (Wildman–Crippen LogP) is 3.60. The van der Waals surface area contributed by atoms with Crippen molar-refractivity contribution < 1.29 is 9.21 Å². The van der Waals surface area contributed by atoms with Crippen LogP contribution in [0, 0.1) is 0 Å². The summed E-state index contributed by atoms with van der Waals surface area (Å²) in [4.78, 5) is 16.4. The second-order valence-corrected chi connectivity index (χ2v) is 6.56. The lowest BCUT2D eigenvalue weighted by molar-refractivity contribution is -0.119. The Kier molecular flexibility index (Phi) is 5.55. The molecule has 0 radical (unpaired) electrons. The molecule has 0 aliphatic heterocycles. The summed E-state index contributed by atoms with van der Waals surface area (Å²) in [5.41, 5.74) is 2.38. The fourth-order valence-electron chi connectivity index (χ4n) is 2.37. The Balaban J connectivity index is 1.50. The lowest BCUT2D eigenvalue weighted by Crippen LogP contribution is -2.28. The number of benzene rings is 1. The molecule has 7 heteroatoms. The molecule has 2 aromatic heterocycles. The van der Waals surface area contributed by atoms with Crippen LogP contribution in [0.15, 0.2) is 52.2 Å². The third-order valence-electron chi connectivity index (χ3n) is 3.82. The molecule has 1 aromatic carbocycles. The Hall–Kier alpha value is -2.54. The molecule has 1 amide bonds. The van der Waals surface area contributed by atoms with E-state index in [2.05, 4.69) is 51.7 Å². The topological polar surface area (TPSA) is 83.8 Å². The average Bonchev–Trinajstić information content (AvgIpc) is 3.31. The number of aromatic nitrogens is 3. The van der Waals surface area contributed by atoms with Crippen LogP contribution in [0.5, 0.6) is 0 Å². The molecule has 0 bridgehead atoms. The standard InChI is InChI=1S/C18H20N4O2S/c1-3-13-6-8-14(9-7-13)12(2)19-16(23)11-25-18-20-17(21-22-18)15-5-4-10-24-15/h4-10,12H,3,11H2,1-2H3,(H,19,23)(H,20,21,22). The molecule has 1 atom stereocenters. The van der Waals surface area contributed by atoms with E-state index in [1.54, 1.807) is 18.4 Å². The number of carbonyl (C=O) groups is 1. The highest BCUT2D eigenvalue weighted by atomic mass is 32.2. The minimum absolute atomic E-state index is 0.0372. The van der Waals surface area contributed by atoms with Crippen molar-refractivity contribution in [2.45, 2.75) is 31.5 Å². The summed E-state index contributed by atoms with van der Waals surface area (Å²) in [6, 6.07) is 11.8. The number of aromatic amines is 1. The number of rotatable bonds is 7. The molecule has 0 fully saturated rings. The van der Waals surface area contributed by atoms with Crippen LogP contribution < -0.4 is 5.32 Å². The van der Waals surface area contributed by atoms with Crippen molar-refractivity contribution in [2.24, 2.45) is 0 Å². The quantitative estimate of drug-likeness (QED) is 0.632.